The first kappa shape index (κ1) is 10.6. The normalized spacial score (nSPS) is 12.5. The van der Waals surface area contributed by atoms with E-state index in [4.69, 9.17) is 11.6 Å². The number of aromatic nitrogens is 2. The van der Waals surface area contributed by atoms with Crippen molar-refractivity contribution in [1.82, 2.24) is 9.78 Å². The average Bonchev–Trinajstić information content (AvgIpc) is 2.29. The summed E-state index contributed by atoms with van der Waals surface area (Å²) in [4.78, 5) is 0. The monoisotopic (exact) mass is 200 g/mol. The van der Waals surface area contributed by atoms with Gasteiger partial charge in [0.2, 0.25) is 0 Å². The molecular formula is C10H17ClN2. The molecule has 0 aliphatic carbocycles. The average molecular weight is 201 g/mol. The van der Waals surface area contributed by atoms with E-state index >= 15 is 0 Å². The Hall–Kier alpha value is -0.500. The maximum atomic E-state index is 6.07. The van der Waals surface area contributed by atoms with Crippen LogP contribution in [0.15, 0.2) is 6.07 Å². The van der Waals surface area contributed by atoms with Crippen molar-refractivity contribution in [1.29, 1.82) is 0 Å². The van der Waals surface area contributed by atoms with Crippen LogP contribution in [-0.4, -0.2) is 9.78 Å². The van der Waals surface area contributed by atoms with Crippen molar-refractivity contribution in [2.24, 2.45) is 0 Å². The third kappa shape index (κ3) is 2.25. The van der Waals surface area contributed by atoms with Gasteiger partial charge in [-0.3, -0.25) is 0 Å². The van der Waals surface area contributed by atoms with Crippen LogP contribution in [0.1, 0.15) is 46.2 Å². The highest BCUT2D eigenvalue weighted by Gasteiger charge is 2.19. The molecule has 0 saturated heterocycles. The molecule has 2 nitrogen and oxygen atoms in total. The Morgan fingerprint density at radius 3 is 2.15 bits per heavy atom. The van der Waals surface area contributed by atoms with E-state index in [1.54, 1.807) is 0 Å². The Bertz CT molecular complexity index is 294. The second-order valence-corrected chi connectivity index (χ2v) is 5.02. The van der Waals surface area contributed by atoms with Crippen LogP contribution >= 0.6 is 11.6 Å². The first-order chi connectivity index (χ1) is 5.82. The van der Waals surface area contributed by atoms with E-state index in [9.17, 15) is 0 Å². The van der Waals surface area contributed by atoms with Gasteiger partial charge in [0.25, 0.3) is 0 Å². The summed E-state index contributed by atoms with van der Waals surface area (Å²) in [6.45, 7) is 10.5. The molecule has 13 heavy (non-hydrogen) atoms. The molecule has 3 heteroatoms. The van der Waals surface area contributed by atoms with Gasteiger partial charge in [-0.2, -0.15) is 5.10 Å². The molecule has 1 rings (SSSR count). The maximum absolute atomic E-state index is 6.07. The number of halogens is 1. The SMILES string of the molecule is CC(C)c1cc(Cl)n(C(C)(C)C)n1. The van der Waals surface area contributed by atoms with Gasteiger partial charge in [-0.1, -0.05) is 25.4 Å². The van der Waals surface area contributed by atoms with Gasteiger partial charge in [0, 0.05) is 0 Å². The molecule has 1 aromatic rings. The second kappa shape index (κ2) is 3.33. The zero-order chi connectivity index (χ0) is 10.2. The van der Waals surface area contributed by atoms with Gasteiger partial charge in [0.15, 0.2) is 0 Å². The summed E-state index contributed by atoms with van der Waals surface area (Å²) >= 11 is 6.07. The Labute approximate surface area is 84.9 Å². The molecule has 0 fully saturated rings. The van der Waals surface area contributed by atoms with Crippen LogP contribution in [0.4, 0.5) is 0 Å². The summed E-state index contributed by atoms with van der Waals surface area (Å²) < 4.78 is 1.86. The Morgan fingerprint density at radius 2 is 1.92 bits per heavy atom. The van der Waals surface area contributed by atoms with Gasteiger partial charge in [-0.05, 0) is 32.8 Å². The van der Waals surface area contributed by atoms with Crippen molar-refractivity contribution in [2.45, 2.75) is 46.1 Å². The van der Waals surface area contributed by atoms with Gasteiger partial charge in [-0.15, -0.1) is 0 Å². The Balaban J connectivity index is 3.11. The first-order valence-corrected chi connectivity index (χ1v) is 4.96. The summed E-state index contributed by atoms with van der Waals surface area (Å²) in [5.74, 6) is 0.432. The van der Waals surface area contributed by atoms with E-state index in [0.29, 0.717) is 5.92 Å². The lowest BCUT2D eigenvalue weighted by Gasteiger charge is -2.20. The van der Waals surface area contributed by atoms with Crippen LogP contribution in [0, 0.1) is 0 Å². The molecule has 74 valence electrons. The van der Waals surface area contributed by atoms with Crippen molar-refractivity contribution in [3.63, 3.8) is 0 Å². The van der Waals surface area contributed by atoms with Gasteiger partial charge in [-0.25, -0.2) is 4.68 Å². The molecule has 0 aliphatic rings. The lowest BCUT2D eigenvalue weighted by molar-refractivity contribution is 0.353. The summed E-state index contributed by atoms with van der Waals surface area (Å²) in [6, 6.07) is 1.94. The standard InChI is InChI=1S/C10H17ClN2/c1-7(2)8-6-9(11)13(12-8)10(3,4)5/h6-7H,1-5H3. The fourth-order valence-electron chi connectivity index (χ4n) is 1.13. The number of hydrogen-bond acceptors (Lipinski definition) is 1. The van der Waals surface area contributed by atoms with Crippen molar-refractivity contribution in [2.75, 3.05) is 0 Å². The molecule has 1 aromatic heterocycles. The molecule has 0 bridgehead atoms. The minimum absolute atomic E-state index is 0.0375. The Morgan fingerprint density at radius 1 is 1.38 bits per heavy atom. The van der Waals surface area contributed by atoms with Gasteiger partial charge >= 0.3 is 0 Å². The zero-order valence-electron chi connectivity index (χ0n) is 8.93. The topological polar surface area (TPSA) is 17.8 Å². The lowest BCUT2D eigenvalue weighted by atomic mass is 10.1. The van der Waals surface area contributed by atoms with E-state index in [-0.39, 0.29) is 5.54 Å². The predicted molar refractivity (Wildman–Crippen MR) is 56.3 cm³/mol. The van der Waals surface area contributed by atoms with E-state index in [1.165, 1.54) is 0 Å². The highest BCUT2D eigenvalue weighted by Crippen LogP contribution is 2.24. The van der Waals surface area contributed by atoms with Gasteiger partial charge in [0.05, 0.1) is 11.2 Å². The molecule has 0 spiro atoms. The molecular weight excluding hydrogens is 184 g/mol. The third-order valence-corrected chi connectivity index (χ3v) is 2.18. The molecule has 0 amide bonds. The molecule has 0 N–H and O–H groups in total. The molecule has 0 unspecified atom stereocenters. The van der Waals surface area contributed by atoms with Crippen LogP contribution in [0.25, 0.3) is 0 Å². The number of rotatable bonds is 1. The fraction of sp³-hybridized carbons (Fsp3) is 0.700. The van der Waals surface area contributed by atoms with Crippen molar-refractivity contribution < 1.29 is 0 Å². The van der Waals surface area contributed by atoms with E-state index < -0.39 is 0 Å². The van der Waals surface area contributed by atoms with Crippen molar-refractivity contribution in [3.8, 4) is 0 Å². The highest BCUT2D eigenvalue weighted by atomic mass is 35.5. The summed E-state index contributed by atoms with van der Waals surface area (Å²) in [5.41, 5.74) is 1.02. The van der Waals surface area contributed by atoms with E-state index in [2.05, 4.69) is 39.7 Å². The molecule has 0 aliphatic heterocycles. The molecule has 0 radical (unpaired) electrons. The first-order valence-electron chi connectivity index (χ1n) is 4.58. The Kier molecular flexibility index (Phi) is 2.71. The van der Waals surface area contributed by atoms with E-state index in [1.807, 2.05) is 10.7 Å². The second-order valence-electron chi connectivity index (χ2n) is 4.63. The fourth-order valence-corrected chi connectivity index (χ4v) is 1.53. The number of nitrogens with zero attached hydrogens (tertiary/aromatic N) is 2. The smallest absolute Gasteiger partial charge is 0.127 e. The van der Waals surface area contributed by atoms with Gasteiger partial charge < -0.3 is 0 Å². The van der Waals surface area contributed by atoms with Crippen LogP contribution in [0.3, 0.4) is 0 Å². The third-order valence-electron chi connectivity index (χ3n) is 1.91. The molecule has 1 heterocycles. The van der Waals surface area contributed by atoms with Gasteiger partial charge in [0.1, 0.15) is 5.15 Å². The van der Waals surface area contributed by atoms with Crippen LogP contribution in [-0.2, 0) is 5.54 Å². The van der Waals surface area contributed by atoms with Crippen molar-refractivity contribution in [3.05, 3.63) is 16.9 Å². The van der Waals surface area contributed by atoms with E-state index in [0.717, 1.165) is 10.8 Å². The molecule has 0 atom stereocenters. The zero-order valence-corrected chi connectivity index (χ0v) is 9.68. The minimum Gasteiger partial charge on any atom is -0.248 e. The van der Waals surface area contributed by atoms with Crippen LogP contribution in [0.2, 0.25) is 5.15 Å². The largest absolute Gasteiger partial charge is 0.248 e. The predicted octanol–water partition coefficient (Wildman–Crippen LogP) is 3.41. The highest BCUT2D eigenvalue weighted by molar-refractivity contribution is 6.29. The van der Waals surface area contributed by atoms with Crippen molar-refractivity contribution >= 4 is 11.6 Å². The molecule has 0 saturated carbocycles. The van der Waals surface area contributed by atoms with Crippen LogP contribution < -0.4 is 0 Å². The van der Waals surface area contributed by atoms with Crippen LogP contribution in [0.5, 0.6) is 0 Å². The summed E-state index contributed by atoms with van der Waals surface area (Å²) in [7, 11) is 0. The minimum atomic E-state index is -0.0375. The maximum Gasteiger partial charge on any atom is 0.127 e. The molecule has 0 aromatic carbocycles. The number of hydrogen-bond donors (Lipinski definition) is 0. The quantitative estimate of drug-likeness (QED) is 0.680. The lowest BCUT2D eigenvalue weighted by Crippen LogP contribution is -2.23. The summed E-state index contributed by atoms with van der Waals surface area (Å²) in [5, 5.41) is 5.18. The summed E-state index contributed by atoms with van der Waals surface area (Å²) in [6.07, 6.45) is 0.